The van der Waals surface area contributed by atoms with Gasteiger partial charge in [0.15, 0.2) is 5.82 Å². The summed E-state index contributed by atoms with van der Waals surface area (Å²) in [5.41, 5.74) is 7.24. The topological polar surface area (TPSA) is 69.6 Å². The molecule has 1 heterocycles. The van der Waals surface area contributed by atoms with Crippen molar-refractivity contribution in [2.45, 2.75) is 32.7 Å². The SMILES string of the molecule is CCCCCn1nnnc1-c1cc(N)cc(Cl)c1. The molecule has 6 heteroatoms. The number of aromatic nitrogens is 4. The summed E-state index contributed by atoms with van der Waals surface area (Å²) in [4.78, 5) is 0. The van der Waals surface area contributed by atoms with Crippen LogP contribution in [0.25, 0.3) is 11.4 Å². The predicted octanol–water partition coefficient (Wildman–Crippen LogP) is 2.77. The van der Waals surface area contributed by atoms with Crippen LogP contribution in [0.2, 0.25) is 5.02 Å². The summed E-state index contributed by atoms with van der Waals surface area (Å²) >= 11 is 5.99. The van der Waals surface area contributed by atoms with E-state index in [0.29, 0.717) is 16.5 Å². The van der Waals surface area contributed by atoms with E-state index in [9.17, 15) is 0 Å². The lowest BCUT2D eigenvalue weighted by Crippen LogP contribution is -2.03. The first-order valence-corrected chi connectivity index (χ1v) is 6.41. The molecule has 0 fully saturated rings. The first kappa shape index (κ1) is 12.8. The molecule has 0 spiro atoms. The third-order valence-electron chi connectivity index (χ3n) is 2.68. The van der Waals surface area contributed by atoms with E-state index in [1.54, 1.807) is 10.7 Å². The fourth-order valence-corrected chi connectivity index (χ4v) is 2.06. The molecular formula is C12H16ClN5. The highest BCUT2D eigenvalue weighted by Gasteiger charge is 2.09. The van der Waals surface area contributed by atoms with Gasteiger partial charge in [0.05, 0.1) is 0 Å². The maximum absolute atomic E-state index is 5.99. The molecule has 96 valence electrons. The van der Waals surface area contributed by atoms with Crippen molar-refractivity contribution in [3.63, 3.8) is 0 Å². The number of halogens is 1. The van der Waals surface area contributed by atoms with Gasteiger partial charge in [-0.15, -0.1) is 5.10 Å². The van der Waals surface area contributed by atoms with Crippen molar-refractivity contribution in [1.82, 2.24) is 20.2 Å². The molecule has 0 unspecified atom stereocenters. The van der Waals surface area contributed by atoms with Crippen LogP contribution in [0.5, 0.6) is 0 Å². The lowest BCUT2D eigenvalue weighted by Gasteiger charge is -2.05. The molecule has 1 aromatic heterocycles. The second-order valence-corrected chi connectivity index (χ2v) is 4.64. The Balaban J connectivity index is 2.24. The van der Waals surface area contributed by atoms with Gasteiger partial charge in [-0.05, 0) is 35.0 Å². The molecule has 0 aliphatic rings. The number of hydrogen-bond donors (Lipinski definition) is 1. The van der Waals surface area contributed by atoms with Crippen molar-refractivity contribution in [2.75, 3.05) is 5.73 Å². The first-order valence-electron chi connectivity index (χ1n) is 6.03. The molecular weight excluding hydrogens is 250 g/mol. The standard InChI is InChI=1S/C12H16ClN5/c1-2-3-4-5-18-12(15-16-17-18)9-6-10(13)8-11(14)7-9/h6-8H,2-5,14H2,1H3. The Kier molecular flexibility index (Phi) is 4.15. The van der Waals surface area contributed by atoms with E-state index in [-0.39, 0.29) is 0 Å². The van der Waals surface area contributed by atoms with E-state index >= 15 is 0 Å². The maximum atomic E-state index is 5.99. The van der Waals surface area contributed by atoms with Gasteiger partial charge in [-0.2, -0.15) is 0 Å². The fraction of sp³-hybridized carbons (Fsp3) is 0.417. The number of unbranched alkanes of at least 4 members (excludes halogenated alkanes) is 2. The summed E-state index contributed by atoms with van der Waals surface area (Å²) in [6.45, 7) is 2.97. The maximum Gasteiger partial charge on any atom is 0.182 e. The van der Waals surface area contributed by atoms with Gasteiger partial charge >= 0.3 is 0 Å². The van der Waals surface area contributed by atoms with Crippen LogP contribution in [0, 0.1) is 0 Å². The Hall–Kier alpha value is -1.62. The highest BCUT2D eigenvalue weighted by molar-refractivity contribution is 6.31. The molecule has 0 bridgehead atoms. The zero-order valence-electron chi connectivity index (χ0n) is 10.3. The van der Waals surface area contributed by atoms with Gasteiger partial charge in [0.25, 0.3) is 0 Å². The molecule has 0 aliphatic heterocycles. The highest BCUT2D eigenvalue weighted by Crippen LogP contribution is 2.24. The molecule has 2 rings (SSSR count). The van der Waals surface area contributed by atoms with E-state index in [0.717, 1.165) is 24.9 Å². The molecule has 2 aromatic rings. The van der Waals surface area contributed by atoms with Crippen molar-refractivity contribution in [3.05, 3.63) is 23.2 Å². The summed E-state index contributed by atoms with van der Waals surface area (Å²) in [7, 11) is 0. The van der Waals surface area contributed by atoms with E-state index < -0.39 is 0 Å². The number of benzene rings is 1. The van der Waals surface area contributed by atoms with Crippen LogP contribution in [-0.4, -0.2) is 20.2 Å². The van der Waals surface area contributed by atoms with Crippen LogP contribution < -0.4 is 5.73 Å². The minimum Gasteiger partial charge on any atom is -0.399 e. The Morgan fingerprint density at radius 1 is 1.28 bits per heavy atom. The van der Waals surface area contributed by atoms with E-state index in [1.165, 1.54) is 6.42 Å². The molecule has 0 saturated carbocycles. The van der Waals surface area contributed by atoms with Gasteiger partial charge in [0.2, 0.25) is 0 Å². The van der Waals surface area contributed by atoms with Crippen molar-refractivity contribution in [1.29, 1.82) is 0 Å². The average Bonchev–Trinajstić information content (AvgIpc) is 2.76. The summed E-state index contributed by atoms with van der Waals surface area (Å²) in [6, 6.07) is 5.35. The third kappa shape index (κ3) is 2.98. The quantitative estimate of drug-likeness (QED) is 0.667. The monoisotopic (exact) mass is 265 g/mol. The molecule has 0 saturated heterocycles. The van der Waals surface area contributed by atoms with Crippen LogP contribution in [0.15, 0.2) is 18.2 Å². The van der Waals surface area contributed by atoms with Gasteiger partial charge in [-0.1, -0.05) is 31.4 Å². The third-order valence-corrected chi connectivity index (χ3v) is 2.90. The molecule has 0 aliphatic carbocycles. The molecule has 0 radical (unpaired) electrons. The van der Waals surface area contributed by atoms with E-state index in [1.807, 2.05) is 12.1 Å². The van der Waals surface area contributed by atoms with Crippen LogP contribution in [0.1, 0.15) is 26.2 Å². The number of nitrogens with two attached hydrogens (primary N) is 1. The van der Waals surface area contributed by atoms with Crippen molar-refractivity contribution in [3.8, 4) is 11.4 Å². The number of rotatable bonds is 5. The zero-order chi connectivity index (χ0) is 13.0. The predicted molar refractivity (Wildman–Crippen MR) is 72.2 cm³/mol. The van der Waals surface area contributed by atoms with Crippen molar-refractivity contribution >= 4 is 17.3 Å². The van der Waals surface area contributed by atoms with E-state index in [4.69, 9.17) is 17.3 Å². The summed E-state index contributed by atoms with van der Waals surface area (Å²) in [5.74, 6) is 0.709. The Morgan fingerprint density at radius 3 is 2.83 bits per heavy atom. The van der Waals surface area contributed by atoms with Crippen molar-refractivity contribution in [2.24, 2.45) is 0 Å². The fourth-order valence-electron chi connectivity index (χ4n) is 1.82. The number of hydrogen-bond acceptors (Lipinski definition) is 4. The molecule has 5 nitrogen and oxygen atoms in total. The largest absolute Gasteiger partial charge is 0.399 e. The summed E-state index contributed by atoms with van der Waals surface area (Å²) in [5, 5.41) is 12.3. The number of nitrogens with zero attached hydrogens (tertiary/aromatic N) is 4. The number of aryl methyl sites for hydroxylation is 1. The molecule has 2 N–H and O–H groups in total. The van der Waals surface area contributed by atoms with Crippen LogP contribution in [0.3, 0.4) is 0 Å². The lowest BCUT2D eigenvalue weighted by atomic mass is 10.2. The number of anilines is 1. The Labute approximate surface area is 111 Å². The van der Waals surface area contributed by atoms with Gasteiger partial charge in [-0.25, -0.2) is 4.68 Å². The minimum absolute atomic E-state index is 0.591. The van der Waals surface area contributed by atoms with Crippen LogP contribution >= 0.6 is 11.6 Å². The lowest BCUT2D eigenvalue weighted by molar-refractivity contribution is 0.541. The minimum atomic E-state index is 0.591. The first-order chi connectivity index (χ1) is 8.70. The van der Waals surface area contributed by atoms with Gasteiger partial charge in [0, 0.05) is 22.8 Å². The van der Waals surface area contributed by atoms with Gasteiger partial charge in [0.1, 0.15) is 0 Å². The number of nitrogen functional groups attached to an aromatic ring is 1. The zero-order valence-corrected chi connectivity index (χ0v) is 11.1. The van der Waals surface area contributed by atoms with Crippen molar-refractivity contribution < 1.29 is 0 Å². The molecule has 18 heavy (non-hydrogen) atoms. The Bertz CT molecular complexity index is 503. The van der Waals surface area contributed by atoms with Gasteiger partial charge < -0.3 is 5.73 Å². The smallest absolute Gasteiger partial charge is 0.182 e. The van der Waals surface area contributed by atoms with Gasteiger partial charge in [-0.3, -0.25) is 0 Å². The summed E-state index contributed by atoms with van der Waals surface area (Å²) in [6.07, 6.45) is 3.39. The second kappa shape index (κ2) is 5.82. The van der Waals surface area contributed by atoms with Crippen LogP contribution in [0.4, 0.5) is 5.69 Å². The highest BCUT2D eigenvalue weighted by atomic mass is 35.5. The average molecular weight is 266 g/mol. The molecule has 1 aromatic carbocycles. The molecule has 0 amide bonds. The Morgan fingerprint density at radius 2 is 2.11 bits per heavy atom. The number of tetrazole rings is 1. The normalized spacial score (nSPS) is 10.8. The second-order valence-electron chi connectivity index (χ2n) is 4.21. The van der Waals surface area contributed by atoms with Crippen LogP contribution in [-0.2, 0) is 6.54 Å². The molecule has 0 atom stereocenters. The van der Waals surface area contributed by atoms with E-state index in [2.05, 4.69) is 22.4 Å². The summed E-state index contributed by atoms with van der Waals surface area (Å²) < 4.78 is 1.79.